The van der Waals surface area contributed by atoms with Crippen LogP contribution in [-0.4, -0.2) is 11.0 Å². The Morgan fingerprint density at radius 1 is 1.33 bits per heavy atom. The second kappa shape index (κ2) is 6.25. The molecule has 8 heteroatoms. The van der Waals surface area contributed by atoms with Crippen LogP contribution in [0.5, 0.6) is 5.75 Å². The number of hydrogen-bond donors (Lipinski definition) is 2. The van der Waals surface area contributed by atoms with Crippen molar-refractivity contribution < 1.29 is 22.7 Å². The minimum Gasteiger partial charge on any atom is -0.423 e. The molecule has 0 atom stereocenters. The van der Waals surface area contributed by atoms with E-state index in [1.54, 1.807) is 0 Å². The Bertz CT molecular complexity index is 924. The van der Waals surface area contributed by atoms with E-state index in [2.05, 4.69) is 10.3 Å². The molecule has 0 saturated heterocycles. The van der Waals surface area contributed by atoms with Gasteiger partial charge in [0, 0.05) is 19.2 Å². The van der Waals surface area contributed by atoms with Crippen molar-refractivity contribution in [1.29, 1.82) is 0 Å². The summed E-state index contributed by atoms with van der Waals surface area (Å²) in [5.41, 5.74) is 6.64. The van der Waals surface area contributed by atoms with E-state index in [0.29, 0.717) is 11.3 Å². The summed E-state index contributed by atoms with van der Waals surface area (Å²) in [6, 6.07) is 6.73. The Hall–Kier alpha value is -3.00. The number of rotatable bonds is 4. The fourth-order valence-electron chi connectivity index (χ4n) is 2.19. The zero-order chi connectivity index (χ0) is 17.3. The van der Waals surface area contributed by atoms with E-state index in [-0.39, 0.29) is 29.4 Å². The van der Waals surface area contributed by atoms with Gasteiger partial charge in [0.25, 0.3) is 6.01 Å². The van der Waals surface area contributed by atoms with Gasteiger partial charge in [-0.1, -0.05) is 6.07 Å². The molecule has 0 aliphatic heterocycles. The Morgan fingerprint density at radius 2 is 2.12 bits per heavy atom. The van der Waals surface area contributed by atoms with Crippen LogP contribution in [0.3, 0.4) is 0 Å². The Labute approximate surface area is 135 Å². The van der Waals surface area contributed by atoms with Crippen LogP contribution in [0.15, 0.2) is 34.7 Å². The van der Waals surface area contributed by atoms with Crippen LogP contribution < -0.4 is 15.8 Å². The van der Waals surface area contributed by atoms with Gasteiger partial charge in [0.1, 0.15) is 11.3 Å². The highest BCUT2D eigenvalue weighted by molar-refractivity contribution is 5.79. The van der Waals surface area contributed by atoms with Crippen LogP contribution in [0, 0.1) is 11.6 Å². The van der Waals surface area contributed by atoms with E-state index in [4.69, 9.17) is 14.9 Å². The molecule has 0 amide bonds. The van der Waals surface area contributed by atoms with Crippen molar-refractivity contribution in [2.24, 2.45) is 5.73 Å². The van der Waals surface area contributed by atoms with Crippen LogP contribution >= 0.6 is 0 Å². The summed E-state index contributed by atoms with van der Waals surface area (Å²) in [7, 11) is 0. The van der Waals surface area contributed by atoms with Crippen molar-refractivity contribution in [2.75, 3.05) is 5.32 Å². The van der Waals surface area contributed by atoms with Crippen LogP contribution in [0.25, 0.3) is 11.1 Å². The lowest BCUT2D eigenvalue weighted by atomic mass is 10.2. The molecule has 0 aliphatic carbocycles. The number of fused-ring (bicyclic) bond motifs is 1. The SMILES string of the molecule is CC(=O)Oc1ccc2nc(Nc3cc(F)ccc3CN)oc2c1F. The molecule has 0 aliphatic rings. The fraction of sp³-hybridized carbons (Fsp3) is 0.125. The first-order chi connectivity index (χ1) is 11.5. The van der Waals surface area contributed by atoms with Gasteiger partial charge in [-0.05, 0) is 29.8 Å². The number of halogens is 2. The van der Waals surface area contributed by atoms with Crippen molar-refractivity contribution in [2.45, 2.75) is 13.5 Å². The summed E-state index contributed by atoms with van der Waals surface area (Å²) in [6.45, 7) is 1.34. The lowest BCUT2D eigenvalue weighted by Gasteiger charge is -2.07. The van der Waals surface area contributed by atoms with Gasteiger partial charge in [0.15, 0.2) is 11.3 Å². The number of hydrogen-bond acceptors (Lipinski definition) is 6. The van der Waals surface area contributed by atoms with Crippen molar-refractivity contribution in [1.82, 2.24) is 4.98 Å². The number of anilines is 2. The van der Waals surface area contributed by atoms with E-state index in [1.807, 2.05) is 0 Å². The molecule has 0 saturated carbocycles. The molecule has 0 radical (unpaired) electrons. The predicted octanol–water partition coefficient (Wildman–Crippen LogP) is 3.23. The normalized spacial score (nSPS) is 10.8. The van der Waals surface area contributed by atoms with E-state index >= 15 is 0 Å². The van der Waals surface area contributed by atoms with Crippen LogP contribution in [-0.2, 0) is 11.3 Å². The van der Waals surface area contributed by atoms with Crippen LogP contribution in [0.2, 0.25) is 0 Å². The lowest BCUT2D eigenvalue weighted by molar-refractivity contribution is -0.132. The topological polar surface area (TPSA) is 90.4 Å². The first kappa shape index (κ1) is 15.9. The van der Waals surface area contributed by atoms with Gasteiger partial charge in [0.05, 0.1) is 0 Å². The molecule has 2 aromatic carbocycles. The van der Waals surface area contributed by atoms with Gasteiger partial charge in [-0.2, -0.15) is 9.37 Å². The third-order valence-electron chi connectivity index (χ3n) is 3.25. The molecule has 3 aromatic rings. The second-order valence-electron chi connectivity index (χ2n) is 4.97. The smallest absolute Gasteiger partial charge is 0.308 e. The maximum atomic E-state index is 14.3. The zero-order valence-corrected chi connectivity index (χ0v) is 12.6. The largest absolute Gasteiger partial charge is 0.423 e. The van der Waals surface area contributed by atoms with Crippen molar-refractivity contribution >= 4 is 28.8 Å². The summed E-state index contributed by atoms with van der Waals surface area (Å²) in [5.74, 6) is -2.22. The number of benzene rings is 2. The summed E-state index contributed by atoms with van der Waals surface area (Å²) in [5, 5.41) is 2.77. The summed E-state index contributed by atoms with van der Waals surface area (Å²) >= 11 is 0. The van der Waals surface area contributed by atoms with Gasteiger partial charge in [0.2, 0.25) is 5.82 Å². The maximum Gasteiger partial charge on any atom is 0.308 e. The highest BCUT2D eigenvalue weighted by atomic mass is 19.1. The van der Waals surface area contributed by atoms with E-state index < -0.39 is 17.6 Å². The maximum absolute atomic E-state index is 14.3. The number of oxazole rings is 1. The highest BCUT2D eigenvalue weighted by Gasteiger charge is 2.17. The van der Waals surface area contributed by atoms with Crippen molar-refractivity contribution in [3.05, 3.63) is 47.5 Å². The average Bonchev–Trinajstić information content (AvgIpc) is 2.93. The average molecular weight is 333 g/mol. The van der Waals surface area contributed by atoms with Crippen molar-refractivity contribution in [3.8, 4) is 5.75 Å². The van der Waals surface area contributed by atoms with Gasteiger partial charge in [-0.15, -0.1) is 0 Å². The summed E-state index contributed by atoms with van der Waals surface area (Å²) < 4.78 is 37.7. The summed E-state index contributed by atoms with van der Waals surface area (Å²) in [6.07, 6.45) is 0. The van der Waals surface area contributed by atoms with E-state index in [0.717, 1.165) is 6.92 Å². The Morgan fingerprint density at radius 3 is 2.83 bits per heavy atom. The minimum absolute atomic E-state index is 0.0378. The monoisotopic (exact) mass is 333 g/mol. The quantitative estimate of drug-likeness (QED) is 0.563. The molecule has 3 N–H and O–H groups in total. The molecule has 24 heavy (non-hydrogen) atoms. The van der Waals surface area contributed by atoms with Crippen LogP contribution in [0.1, 0.15) is 12.5 Å². The fourth-order valence-corrected chi connectivity index (χ4v) is 2.19. The number of ether oxygens (including phenoxy) is 1. The summed E-state index contributed by atoms with van der Waals surface area (Å²) in [4.78, 5) is 15.0. The first-order valence-corrected chi connectivity index (χ1v) is 7.01. The Balaban J connectivity index is 1.98. The van der Waals surface area contributed by atoms with Crippen molar-refractivity contribution in [3.63, 3.8) is 0 Å². The molecule has 3 rings (SSSR count). The van der Waals surface area contributed by atoms with Gasteiger partial charge in [-0.25, -0.2) is 4.39 Å². The molecule has 0 fully saturated rings. The molecular weight excluding hydrogens is 320 g/mol. The predicted molar refractivity (Wildman–Crippen MR) is 82.9 cm³/mol. The number of esters is 1. The van der Waals surface area contributed by atoms with E-state index in [1.165, 1.54) is 30.3 Å². The first-order valence-electron chi connectivity index (χ1n) is 7.01. The molecule has 0 bridgehead atoms. The number of carbonyl (C=O) groups is 1. The number of nitrogens with two attached hydrogens (primary N) is 1. The van der Waals surface area contributed by atoms with E-state index in [9.17, 15) is 13.6 Å². The van der Waals surface area contributed by atoms with Gasteiger partial charge < -0.3 is 20.2 Å². The Kier molecular flexibility index (Phi) is 4.13. The standard InChI is InChI=1S/C16H13F2N3O3/c1-8(22)23-13-5-4-11-15(14(13)18)24-16(20-11)21-12-6-10(17)3-2-9(12)7-19/h2-6H,7,19H2,1H3,(H,20,21). The van der Waals surface area contributed by atoms with Gasteiger partial charge >= 0.3 is 5.97 Å². The second-order valence-corrected chi connectivity index (χ2v) is 4.97. The molecule has 0 unspecified atom stereocenters. The lowest BCUT2D eigenvalue weighted by Crippen LogP contribution is -2.03. The number of carbonyl (C=O) groups excluding carboxylic acids is 1. The molecular formula is C16H13F2N3O3. The molecule has 1 heterocycles. The third kappa shape index (κ3) is 3.04. The number of nitrogens with one attached hydrogen (secondary N) is 1. The molecule has 124 valence electrons. The highest BCUT2D eigenvalue weighted by Crippen LogP contribution is 2.30. The minimum atomic E-state index is -0.846. The molecule has 0 spiro atoms. The molecule has 1 aromatic heterocycles. The van der Waals surface area contributed by atoms with Gasteiger partial charge in [-0.3, -0.25) is 4.79 Å². The number of nitrogens with zero attached hydrogens (tertiary/aromatic N) is 1. The van der Waals surface area contributed by atoms with Crippen LogP contribution in [0.4, 0.5) is 20.5 Å². The number of aromatic nitrogens is 1. The third-order valence-corrected chi connectivity index (χ3v) is 3.25. The molecule has 6 nitrogen and oxygen atoms in total. The zero-order valence-electron chi connectivity index (χ0n) is 12.6.